The summed E-state index contributed by atoms with van der Waals surface area (Å²) >= 11 is 1.69. The van der Waals surface area contributed by atoms with Crippen LogP contribution in [-0.2, 0) is 17.6 Å². The van der Waals surface area contributed by atoms with Gasteiger partial charge in [0.25, 0.3) is 11.6 Å². The zero-order valence-electron chi connectivity index (χ0n) is 16.8. The van der Waals surface area contributed by atoms with Crippen LogP contribution in [0.1, 0.15) is 16.9 Å². The lowest BCUT2D eigenvalue weighted by Crippen LogP contribution is -2.50. The third-order valence-electron chi connectivity index (χ3n) is 5.86. The molecule has 3 heterocycles. The summed E-state index contributed by atoms with van der Waals surface area (Å²) in [6, 6.07) is 6.51. The highest BCUT2D eigenvalue weighted by Gasteiger charge is 2.25. The van der Waals surface area contributed by atoms with Gasteiger partial charge in [0.2, 0.25) is 5.88 Å². The molecule has 1 amide bonds. The number of nitrogens with zero attached hydrogens (tertiary/aromatic N) is 5. The number of nitro groups is 1. The van der Waals surface area contributed by atoms with E-state index in [0.717, 1.165) is 35.2 Å². The van der Waals surface area contributed by atoms with Gasteiger partial charge in [-0.15, -0.1) is 11.3 Å². The fourth-order valence-electron chi connectivity index (χ4n) is 4.23. The first-order valence-electron chi connectivity index (χ1n) is 10.3. The number of hydrogen-bond acceptors (Lipinski definition) is 8. The van der Waals surface area contributed by atoms with Crippen molar-refractivity contribution in [2.24, 2.45) is 0 Å². The molecule has 0 N–H and O–H groups in total. The van der Waals surface area contributed by atoms with Gasteiger partial charge in [-0.2, -0.15) is 0 Å². The summed E-state index contributed by atoms with van der Waals surface area (Å²) in [5.41, 5.74) is 2.27. The molecule has 0 atom stereocenters. The fourth-order valence-corrected chi connectivity index (χ4v) is 5.45. The highest BCUT2D eigenvalue weighted by Crippen LogP contribution is 2.39. The van der Waals surface area contributed by atoms with Gasteiger partial charge >= 0.3 is 0 Å². The quantitative estimate of drug-likeness (QED) is 0.445. The highest BCUT2D eigenvalue weighted by atomic mass is 32.1. The highest BCUT2D eigenvalue weighted by molar-refractivity contribution is 7.18. The lowest BCUT2D eigenvalue weighted by Gasteiger charge is -2.36. The van der Waals surface area contributed by atoms with Crippen LogP contribution >= 0.6 is 11.3 Å². The number of ether oxygens (including phenoxy) is 1. The number of non-ortho nitro benzene ring substituents is 1. The molecular weight excluding hydrogens is 418 g/mol. The number of carbonyl (C=O) groups excluding carboxylic acids is 1. The molecule has 1 fully saturated rings. The Bertz CT molecular complexity index is 1140. The molecule has 0 radical (unpaired) electrons. The van der Waals surface area contributed by atoms with E-state index in [9.17, 15) is 14.9 Å². The number of anilines is 1. The predicted molar refractivity (Wildman–Crippen MR) is 117 cm³/mol. The minimum absolute atomic E-state index is 0.0474. The van der Waals surface area contributed by atoms with Crippen LogP contribution in [0, 0.1) is 10.1 Å². The summed E-state index contributed by atoms with van der Waals surface area (Å²) in [5.74, 6) is 0.434. The van der Waals surface area contributed by atoms with Crippen LogP contribution in [0.25, 0.3) is 10.2 Å². The second kappa shape index (κ2) is 8.10. The Balaban J connectivity index is 1.19. The van der Waals surface area contributed by atoms with Gasteiger partial charge in [-0.25, -0.2) is 9.97 Å². The molecule has 0 bridgehead atoms. The number of thiophene rings is 1. The normalized spacial score (nSPS) is 15.9. The minimum atomic E-state index is -0.407. The lowest BCUT2D eigenvalue weighted by atomic mass is 10.2. The van der Waals surface area contributed by atoms with E-state index in [1.54, 1.807) is 28.4 Å². The van der Waals surface area contributed by atoms with E-state index in [2.05, 4.69) is 14.9 Å². The third-order valence-corrected chi connectivity index (χ3v) is 7.06. The first-order valence-corrected chi connectivity index (χ1v) is 11.1. The Morgan fingerprint density at radius 2 is 1.90 bits per heavy atom. The SMILES string of the molecule is O=C(COc1ncnc2sc3c(c12)CCC3)N1CCN(c2ccc([N+](=O)[O-])cc2)CC1. The first kappa shape index (κ1) is 19.7. The number of carbonyl (C=O) groups is 1. The number of nitro benzene ring substituents is 1. The van der Waals surface area contributed by atoms with Crippen LogP contribution < -0.4 is 9.64 Å². The summed E-state index contributed by atoms with van der Waals surface area (Å²) in [6.45, 7) is 2.44. The molecule has 2 aromatic heterocycles. The second-order valence-electron chi connectivity index (χ2n) is 7.65. The summed E-state index contributed by atoms with van der Waals surface area (Å²) in [5, 5.41) is 11.8. The summed E-state index contributed by atoms with van der Waals surface area (Å²) < 4.78 is 5.85. The number of hydrogen-bond donors (Lipinski definition) is 0. The van der Waals surface area contributed by atoms with E-state index in [1.165, 1.54) is 28.9 Å². The van der Waals surface area contributed by atoms with E-state index < -0.39 is 4.92 Å². The summed E-state index contributed by atoms with van der Waals surface area (Å²) in [4.78, 5) is 38.0. The molecule has 3 aromatic rings. The standard InChI is InChI=1S/C21H21N5O4S/c27-18(12-30-20-19-16-2-1-3-17(16)31-21(19)23-13-22-20)25-10-8-24(9-11-25)14-4-6-15(7-5-14)26(28)29/h4-7,13H,1-3,8-12H2. The van der Waals surface area contributed by atoms with E-state index in [-0.39, 0.29) is 18.2 Å². The first-order chi connectivity index (χ1) is 15.1. The van der Waals surface area contributed by atoms with Crippen molar-refractivity contribution in [3.8, 4) is 5.88 Å². The Morgan fingerprint density at radius 3 is 2.65 bits per heavy atom. The summed E-state index contributed by atoms with van der Waals surface area (Å²) in [7, 11) is 0. The monoisotopic (exact) mass is 439 g/mol. The number of rotatable bonds is 5. The van der Waals surface area contributed by atoms with Crippen LogP contribution in [0.15, 0.2) is 30.6 Å². The fraction of sp³-hybridized carbons (Fsp3) is 0.381. The van der Waals surface area contributed by atoms with Gasteiger partial charge in [0, 0.05) is 48.9 Å². The van der Waals surface area contributed by atoms with Crippen LogP contribution in [0.3, 0.4) is 0 Å². The number of aromatic nitrogens is 2. The molecule has 0 saturated carbocycles. The number of fused-ring (bicyclic) bond motifs is 3. The van der Waals surface area contributed by atoms with Gasteiger partial charge in [-0.1, -0.05) is 0 Å². The predicted octanol–water partition coefficient (Wildman–Crippen LogP) is 2.82. The van der Waals surface area contributed by atoms with Crippen LogP contribution in [-0.4, -0.2) is 58.5 Å². The molecule has 10 heteroatoms. The zero-order valence-corrected chi connectivity index (χ0v) is 17.6. The molecule has 1 saturated heterocycles. The number of benzene rings is 1. The van der Waals surface area contributed by atoms with Crippen LogP contribution in [0.4, 0.5) is 11.4 Å². The van der Waals surface area contributed by atoms with Crippen molar-refractivity contribution in [2.75, 3.05) is 37.7 Å². The summed E-state index contributed by atoms with van der Waals surface area (Å²) in [6.07, 6.45) is 4.73. The smallest absolute Gasteiger partial charge is 0.269 e. The molecule has 31 heavy (non-hydrogen) atoms. The van der Waals surface area contributed by atoms with Crippen LogP contribution in [0.2, 0.25) is 0 Å². The maximum Gasteiger partial charge on any atom is 0.269 e. The van der Waals surface area contributed by atoms with E-state index in [1.807, 2.05) is 0 Å². The average Bonchev–Trinajstić information content (AvgIpc) is 3.39. The van der Waals surface area contributed by atoms with Crippen molar-refractivity contribution in [1.82, 2.24) is 14.9 Å². The van der Waals surface area contributed by atoms with Gasteiger partial charge in [0.15, 0.2) is 6.61 Å². The number of amides is 1. The zero-order chi connectivity index (χ0) is 21.4. The molecule has 0 spiro atoms. The Labute approximate surface area is 182 Å². The molecule has 160 valence electrons. The molecule has 9 nitrogen and oxygen atoms in total. The number of piperazine rings is 1. The van der Waals surface area contributed by atoms with Gasteiger partial charge in [-0.05, 0) is 37.0 Å². The molecule has 1 aromatic carbocycles. The maximum atomic E-state index is 12.7. The number of aryl methyl sites for hydroxylation is 2. The van der Waals surface area contributed by atoms with Gasteiger partial charge < -0.3 is 14.5 Å². The topological polar surface area (TPSA) is 102 Å². The second-order valence-corrected chi connectivity index (χ2v) is 8.73. The van der Waals surface area contributed by atoms with E-state index >= 15 is 0 Å². The van der Waals surface area contributed by atoms with Crippen molar-refractivity contribution >= 4 is 38.8 Å². The molecule has 5 rings (SSSR count). The molecule has 1 aliphatic carbocycles. The van der Waals surface area contributed by atoms with Crippen molar-refractivity contribution in [2.45, 2.75) is 19.3 Å². The van der Waals surface area contributed by atoms with Crippen molar-refractivity contribution in [1.29, 1.82) is 0 Å². The lowest BCUT2D eigenvalue weighted by molar-refractivity contribution is -0.384. The van der Waals surface area contributed by atoms with Crippen molar-refractivity contribution < 1.29 is 14.5 Å². The van der Waals surface area contributed by atoms with Gasteiger partial charge in [0.05, 0.1) is 10.3 Å². The molecule has 2 aliphatic rings. The minimum Gasteiger partial charge on any atom is -0.467 e. The Kier molecular flexibility index (Phi) is 5.14. The Morgan fingerprint density at radius 1 is 1.13 bits per heavy atom. The third kappa shape index (κ3) is 3.78. The van der Waals surface area contributed by atoms with Gasteiger partial charge in [0.1, 0.15) is 11.2 Å². The largest absolute Gasteiger partial charge is 0.467 e. The molecule has 0 unspecified atom stereocenters. The van der Waals surface area contributed by atoms with Crippen molar-refractivity contribution in [3.05, 3.63) is 51.1 Å². The van der Waals surface area contributed by atoms with E-state index in [0.29, 0.717) is 32.1 Å². The van der Waals surface area contributed by atoms with Gasteiger partial charge in [-0.3, -0.25) is 14.9 Å². The molecule has 1 aliphatic heterocycles. The van der Waals surface area contributed by atoms with Crippen molar-refractivity contribution in [3.63, 3.8) is 0 Å². The molecular formula is C21H21N5O4S. The maximum absolute atomic E-state index is 12.7. The average molecular weight is 439 g/mol. The van der Waals surface area contributed by atoms with Crippen LogP contribution in [0.5, 0.6) is 5.88 Å². The Hall–Kier alpha value is -3.27. The van der Waals surface area contributed by atoms with E-state index in [4.69, 9.17) is 4.74 Å².